The fourth-order valence-electron chi connectivity index (χ4n) is 4.22. The van der Waals surface area contributed by atoms with Crippen LogP contribution in [0.1, 0.15) is 33.1 Å². The van der Waals surface area contributed by atoms with Gasteiger partial charge in [0.2, 0.25) is 21.8 Å². The van der Waals surface area contributed by atoms with Crippen molar-refractivity contribution in [1.82, 2.24) is 0 Å². The number of hydrogen-bond acceptors (Lipinski definition) is 4. The minimum Gasteiger partial charge on any atom is -0.308 e. The quantitative estimate of drug-likeness (QED) is 0.814. The van der Waals surface area contributed by atoms with Gasteiger partial charge in [0.05, 0.1) is 22.3 Å². The van der Waals surface area contributed by atoms with Gasteiger partial charge in [0, 0.05) is 19.4 Å². The molecule has 0 spiro atoms. The van der Waals surface area contributed by atoms with E-state index in [0.717, 1.165) is 24.8 Å². The zero-order chi connectivity index (χ0) is 21.6. The first-order valence-corrected chi connectivity index (χ1v) is 11.6. The van der Waals surface area contributed by atoms with Crippen LogP contribution in [0.25, 0.3) is 11.1 Å². The third-order valence-electron chi connectivity index (χ3n) is 5.97. The molecule has 4 rings (SSSR count). The summed E-state index contributed by atoms with van der Waals surface area (Å²) in [5.74, 6) is 0.0414. The van der Waals surface area contributed by atoms with E-state index in [2.05, 4.69) is 0 Å². The Labute approximate surface area is 176 Å². The van der Waals surface area contributed by atoms with Gasteiger partial charge in [-0.3, -0.25) is 9.59 Å². The Kier molecular flexibility index (Phi) is 5.15. The van der Waals surface area contributed by atoms with E-state index in [4.69, 9.17) is 5.14 Å². The lowest BCUT2D eigenvalue weighted by molar-refractivity contribution is -0.125. The Hall–Kier alpha value is -2.71. The van der Waals surface area contributed by atoms with Crippen LogP contribution in [0, 0.1) is 5.92 Å². The van der Waals surface area contributed by atoms with E-state index in [1.807, 2.05) is 25.1 Å². The van der Waals surface area contributed by atoms with Crippen molar-refractivity contribution in [2.24, 2.45) is 11.1 Å². The number of sulfonamides is 1. The Bertz CT molecular complexity index is 1120. The molecule has 2 N–H and O–H groups in total. The number of nitrogens with zero attached hydrogens (tertiary/aromatic N) is 2. The summed E-state index contributed by atoms with van der Waals surface area (Å²) in [6.07, 6.45) is 2.85. The van der Waals surface area contributed by atoms with Crippen molar-refractivity contribution < 1.29 is 18.0 Å². The van der Waals surface area contributed by atoms with Crippen LogP contribution in [0.15, 0.2) is 47.4 Å². The number of benzene rings is 2. The molecule has 0 aromatic heterocycles. The number of nitrogens with two attached hydrogens (primary N) is 1. The molecule has 1 heterocycles. The maximum Gasteiger partial charge on any atom is 0.238 e. The maximum absolute atomic E-state index is 13.1. The molecule has 0 bridgehead atoms. The van der Waals surface area contributed by atoms with Crippen molar-refractivity contribution in [3.05, 3.63) is 42.5 Å². The molecule has 0 radical (unpaired) electrons. The summed E-state index contributed by atoms with van der Waals surface area (Å²) in [4.78, 5) is 29.0. The molecule has 7 nitrogen and oxygen atoms in total. The number of carbonyl (C=O) groups excluding carboxylic acids is 2. The molecule has 1 aliphatic carbocycles. The minimum atomic E-state index is -3.83. The number of anilines is 2. The summed E-state index contributed by atoms with van der Waals surface area (Å²) in [7, 11) is -3.83. The smallest absolute Gasteiger partial charge is 0.238 e. The van der Waals surface area contributed by atoms with Crippen LogP contribution >= 0.6 is 0 Å². The van der Waals surface area contributed by atoms with Gasteiger partial charge in [-0.15, -0.1) is 0 Å². The second kappa shape index (κ2) is 7.52. The standard InChI is InChI=1S/C22H25N3O4S/c1-14-13-24(22(27)16-5-3-6-16)21-12-18(9-10-20(21)25(14)15(2)26)17-7-4-8-19(11-17)30(23,28)29/h4,7-12,14,16H,3,5-6,13H2,1-2H3,(H2,23,28,29)/t14-/m0/s1. The molecule has 1 fully saturated rings. The molecule has 0 saturated heterocycles. The Morgan fingerprint density at radius 1 is 1.03 bits per heavy atom. The number of amides is 2. The molecule has 0 unspecified atom stereocenters. The summed E-state index contributed by atoms with van der Waals surface area (Å²) < 4.78 is 23.5. The van der Waals surface area contributed by atoms with Crippen LogP contribution in [-0.2, 0) is 19.6 Å². The van der Waals surface area contributed by atoms with Gasteiger partial charge in [-0.2, -0.15) is 0 Å². The van der Waals surface area contributed by atoms with Crippen LogP contribution in [0.5, 0.6) is 0 Å². The predicted octanol–water partition coefficient (Wildman–Crippen LogP) is 2.89. The molecule has 2 aliphatic rings. The first kappa shape index (κ1) is 20.6. The van der Waals surface area contributed by atoms with Gasteiger partial charge >= 0.3 is 0 Å². The topological polar surface area (TPSA) is 101 Å². The third kappa shape index (κ3) is 3.61. The summed E-state index contributed by atoms with van der Waals surface area (Å²) in [6, 6.07) is 11.8. The van der Waals surface area contributed by atoms with Crippen LogP contribution in [0.2, 0.25) is 0 Å². The van der Waals surface area contributed by atoms with E-state index >= 15 is 0 Å². The summed E-state index contributed by atoms with van der Waals surface area (Å²) in [5.41, 5.74) is 2.80. The van der Waals surface area contributed by atoms with E-state index in [9.17, 15) is 18.0 Å². The predicted molar refractivity (Wildman–Crippen MR) is 116 cm³/mol. The number of hydrogen-bond donors (Lipinski definition) is 1. The van der Waals surface area contributed by atoms with E-state index in [1.165, 1.54) is 19.1 Å². The Morgan fingerprint density at radius 2 is 1.73 bits per heavy atom. The van der Waals surface area contributed by atoms with Crippen LogP contribution in [0.3, 0.4) is 0 Å². The summed E-state index contributed by atoms with van der Waals surface area (Å²) in [5, 5.41) is 5.27. The lowest BCUT2D eigenvalue weighted by Gasteiger charge is -2.43. The minimum absolute atomic E-state index is 0.0269. The van der Waals surface area contributed by atoms with Crippen LogP contribution < -0.4 is 14.9 Å². The highest BCUT2D eigenvalue weighted by atomic mass is 32.2. The SMILES string of the molecule is CC(=O)N1c2ccc(-c3cccc(S(N)(=O)=O)c3)cc2N(C(=O)C2CCC2)C[C@@H]1C. The Morgan fingerprint density at radius 3 is 2.33 bits per heavy atom. The zero-order valence-corrected chi connectivity index (χ0v) is 17.9. The number of rotatable bonds is 3. The molecule has 2 amide bonds. The van der Waals surface area contributed by atoms with Crippen molar-refractivity contribution in [1.29, 1.82) is 0 Å². The molecule has 1 aliphatic heterocycles. The second-order valence-electron chi connectivity index (χ2n) is 8.09. The van der Waals surface area contributed by atoms with E-state index in [-0.39, 0.29) is 28.7 Å². The number of fused-ring (bicyclic) bond motifs is 1. The average Bonchev–Trinajstić information content (AvgIpc) is 2.64. The number of primary sulfonamides is 1. The maximum atomic E-state index is 13.1. The second-order valence-corrected chi connectivity index (χ2v) is 9.65. The molecule has 8 heteroatoms. The van der Waals surface area contributed by atoms with E-state index in [0.29, 0.717) is 23.5 Å². The fourth-order valence-corrected chi connectivity index (χ4v) is 4.78. The van der Waals surface area contributed by atoms with Crippen molar-refractivity contribution >= 4 is 33.2 Å². The van der Waals surface area contributed by atoms with Gasteiger partial charge in [0.15, 0.2) is 0 Å². The van der Waals surface area contributed by atoms with Crippen molar-refractivity contribution in [2.45, 2.75) is 44.0 Å². The molecular formula is C22H25N3O4S. The largest absolute Gasteiger partial charge is 0.308 e. The van der Waals surface area contributed by atoms with Gasteiger partial charge in [0.25, 0.3) is 0 Å². The van der Waals surface area contributed by atoms with Gasteiger partial charge in [0.1, 0.15) is 0 Å². The zero-order valence-electron chi connectivity index (χ0n) is 17.0. The van der Waals surface area contributed by atoms with E-state index in [1.54, 1.807) is 21.9 Å². The number of carbonyl (C=O) groups is 2. The van der Waals surface area contributed by atoms with Gasteiger partial charge in [-0.25, -0.2) is 13.6 Å². The monoisotopic (exact) mass is 427 g/mol. The highest BCUT2D eigenvalue weighted by Crippen LogP contribution is 2.41. The third-order valence-corrected chi connectivity index (χ3v) is 6.88. The molecule has 1 atom stereocenters. The lowest BCUT2D eigenvalue weighted by Crippen LogP contribution is -2.53. The van der Waals surface area contributed by atoms with Crippen molar-refractivity contribution in [3.8, 4) is 11.1 Å². The van der Waals surface area contributed by atoms with Gasteiger partial charge < -0.3 is 9.80 Å². The van der Waals surface area contributed by atoms with Crippen molar-refractivity contribution in [2.75, 3.05) is 16.3 Å². The van der Waals surface area contributed by atoms with Crippen molar-refractivity contribution in [3.63, 3.8) is 0 Å². The Balaban J connectivity index is 1.82. The molecule has 30 heavy (non-hydrogen) atoms. The van der Waals surface area contributed by atoms with Gasteiger partial charge in [-0.05, 0) is 55.2 Å². The first-order chi connectivity index (χ1) is 14.2. The highest BCUT2D eigenvalue weighted by molar-refractivity contribution is 7.89. The average molecular weight is 428 g/mol. The normalized spacial score (nSPS) is 19.2. The highest BCUT2D eigenvalue weighted by Gasteiger charge is 2.37. The first-order valence-electron chi connectivity index (χ1n) is 10.1. The van der Waals surface area contributed by atoms with Gasteiger partial charge in [-0.1, -0.05) is 24.6 Å². The lowest BCUT2D eigenvalue weighted by atomic mass is 9.84. The summed E-state index contributed by atoms with van der Waals surface area (Å²) >= 11 is 0. The molecular weight excluding hydrogens is 402 g/mol. The molecule has 158 valence electrons. The van der Waals surface area contributed by atoms with E-state index < -0.39 is 10.0 Å². The van der Waals surface area contributed by atoms with Crippen LogP contribution in [0.4, 0.5) is 11.4 Å². The molecule has 1 saturated carbocycles. The molecule has 2 aromatic rings. The molecule has 2 aromatic carbocycles. The fraction of sp³-hybridized carbons (Fsp3) is 0.364. The summed E-state index contributed by atoms with van der Waals surface area (Å²) in [6.45, 7) is 3.89. The van der Waals surface area contributed by atoms with Crippen LogP contribution in [-0.4, -0.2) is 32.8 Å².